The Balaban J connectivity index is 1.46. The van der Waals surface area contributed by atoms with Gasteiger partial charge in [0.25, 0.3) is 5.91 Å². The van der Waals surface area contributed by atoms with Gasteiger partial charge in [0.2, 0.25) is 0 Å². The lowest BCUT2D eigenvalue weighted by Gasteiger charge is -2.48. The van der Waals surface area contributed by atoms with Crippen LogP contribution in [0.3, 0.4) is 0 Å². The van der Waals surface area contributed by atoms with Crippen molar-refractivity contribution in [1.82, 2.24) is 15.9 Å². The van der Waals surface area contributed by atoms with Crippen LogP contribution in [0.1, 0.15) is 12.5 Å². The minimum Gasteiger partial charge on any atom is -0.487 e. The molecule has 2 aromatic rings. The zero-order valence-electron chi connectivity index (χ0n) is 19.2. The van der Waals surface area contributed by atoms with Gasteiger partial charge in [-0.05, 0) is 23.7 Å². The molecule has 192 valence electrons. The number of hydrogen-bond acceptors (Lipinski definition) is 9. The van der Waals surface area contributed by atoms with E-state index in [2.05, 4.69) is 20.9 Å². The van der Waals surface area contributed by atoms with Gasteiger partial charge in [-0.1, -0.05) is 30.3 Å². The molecule has 36 heavy (non-hydrogen) atoms. The lowest BCUT2D eigenvalue weighted by Crippen LogP contribution is -2.70. The van der Waals surface area contributed by atoms with Gasteiger partial charge in [-0.2, -0.15) is 13.2 Å². The maximum Gasteiger partial charge on any atom is 0.492 e. The summed E-state index contributed by atoms with van der Waals surface area (Å²) in [7, 11) is 0. The van der Waals surface area contributed by atoms with E-state index in [0.717, 1.165) is 18.7 Å². The number of hydrazine groups is 1. The van der Waals surface area contributed by atoms with Crippen LogP contribution >= 0.6 is 0 Å². The van der Waals surface area contributed by atoms with Crippen molar-refractivity contribution in [1.29, 1.82) is 0 Å². The van der Waals surface area contributed by atoms with E-state index in [1.807, 2.05) is 30.3 Å². The molecule has 10 nitrogen and oxygen atoms in total. The monoisotopic (exact) mass is 507 g/mol. The van der Waals surface area contributed by atoms with Crippen molar-refractivity contribution < 1.29 is 37.1 Å². The number of amides is 1. The number of alkyl halides is 3. The number of fused-ring (bicyclic) bond motifs is 3. The number of halogens is 3. The molecule has 0 aromatic heterocycles. The van der Waals surface area contributed by atoms with Gasteiger partial charge in [-0.3, -0.25) is 10.2 Å². The SMILES string of the molecule is CC1C(=O)NN(OC(=O)C(F)(F)F)C2COc3cc(OCc4ccccc4)c(NC4CNC4)cc3N12. The normalized spacial score (nSPS) is 21.9. The van der Waals surface area contributed by atoms with Crippen LogP contribution in [0, 0.1) is 0 Å². The number of ether oxygens (including phenoxy) is 2. The van der Waals surface area contributed by atoms with Crippen LogP contribution in [0.4, 0.5) is 24.5 Å². The molecule has 13 heteroatoms. The van der Waals surface area contributed by atoms with Crippen molar-refractivity contribution in [2.24, 2.45) is 0 Å². The molecule has 2 aromatic carbocycles. The molecule has 0 saturated carbocycles. The highest BCUT2D eigenvalue weighted by Gasteiger charge is 2.49. The van der Waals surface area contributed by atoms with Crippen molar-refractivity contribution in [3.05, 3.63) is 48.0 Å². The second-order valence-electron chi connectivity index (χ2n) is 8.64. The molecule has 0 spiro atoms. The Morgan fingerprint density at radius 1 is 1.22 bits per heavy atom. The fraction of sp³-hybridized carbons (Fsp3) is 0.391. The van der Waals surface area contributed by atoms with Crippen LogP contribution in [-0.4, -0.2) is 61.2 Å². The number of carbonyl (C=O) groups is 2. The number of carbonyl (C=O) groups excluding carboxylic acids is 2. The topological polar surface area (TPSA) is 104 Å². The summed E-state index contributed by atoms with van der Waals surface area (Å²) >= 11 is 0. The van der Waals surface area contributed by atoms with E-state index in [4.69, 9.17) is 9.47 Å². The lowest BCUT2D eigenvalue weighted by atomic mass is 10.1. The molecule has 2 saturated heterocycles. The van der Waals surface area contributed by atoms with Crippen molar-refractivity contribution in [2.75, 3.05) is 29.9 Å². The maximum absolute atomic E-state index is 12.8. The number of nitrogens with one attached hydrogen (secondary N) is 3. The van der Waals surface area contributed by atoms with Crippen molar-refractivity contribution in [3.8, 4) is 11.5 Å². The van der Waals surface area contributed by atoms with E-state index in [-0.39, 0.29) is 12.6 Å². The van der Waals surface area contributed by atoms with E-state index in [1.165, 1.54) is 0 Å². The highest BCUT2D eigenvalue weighted by atomic mass is 19.4. The van der Waals surface area contributed by atoms with E-state index in [1.54, 1.807) is 24.0 Å². The van der Waals surface area contributed by atoms with Gasteiger partial charge in [0.15, 0.2) is 6.17 Å². The third-order valence-electron chi connectivity index (χ3n) is 6.13. The molecule has 0 aliphatic carbocycles. The first-order chi connectivity index (χ1) is 17.2. The zero-order chi connectivity index (χ0) is 25.4. The van der Waals surface area contributed by atoms with Crippen molar-refractivity contribution >= 4 is 23.3 Å². The first-order valence-electron chi connectivity index (χ1n) is 11.3. The highest BCUT2D eigenvalue weighted by Crippen LogP contribution is 2.44. The van der Waals surface area contributed by atoms with E-state index in [9.17, 15) is 22.8 Å². The van der Waals surface area contributed by atoms with Crippen LogP contribution < -0.4 is 30.4 Å². The largest absolute Gasteiger partial charge is 0.492 e. The standard InChI is InChI=1S/C23H24F3N5O5/c1-13-21(32)29-31(36-22(33)23(24,25)26)20-12-35-19-8-18(34-11-14-5-3-2-4-6-14)16(7-17(19)30(13)20)28-15-9-27-10-15/h2-8,13,15,20,27-28H,9-12H2,1H3,(H,29,32). The number of benzene rings is 2. The average molecular weight is 507 g/mol. The van der Waals surface area contributed by atoms with E-state index < -0.39 is 30.3 Å². The van der Waals surface area contributed by atoms with Crippen LogP contribution in [0.25, 0.3) is 0 Å². The van der Waals surface area contributed by atoms with Crippen LogP contribution in [-0.2, 0) is 21.0 Å². The summed E-state index contributed by atoms with van der Waals surface area (Å²) in [6.45, 7) is 3.23. The number of hydrogen-bond donors (Lipinski definition) is 3. The molecule has 2 atom stereocenters. The fourth-order valence-corrected chi connectivity index (χ4v) is 4.13. The Labute approximate surface area is 204 Å². The first kappa shape index (κ1) is 24.0. The molecular formula is C23H24F3N5O5. The zero-order valence-corrected chi connectivity index (χ0v) is 19.2. The summed E-state index contributed by atoms with van der Waals surface area (Å²) in [6.07, 6.45) is -6.25. The summed E-state index contributed by atoms with van der Waals surface area (Å²) in [5.41, 5.74) is 4.25. The molecule has 0 radical (unpaired) electrons. The number of hydroxylamine groups is 1. The number of anilines is 2. The molecule has 3 N–H and O–H groups in total. The predicted octanol–water partition coefficient (Wildman–Crippen LogP) is 1.93. The Morgan fingerprint density at radius 2 is 1.97 bits per heavy atom. The van der Waals surface area contributed by atoms with Gasteiger partial charge in [-0.15, -0.1) is 0 Å². The fourth-order valence-electron chi connectivity index (χ4n) is 4.13. The van der Waals surface area contributed by atoms with Crippen molar-refractivity contribution in [3.63, 3.8) is 0 Å². The summed E-state index contributed by atoms with van der Waals surface area (Å²) in [5.74, 6) is -2.18. The van der Waals surface area contributed by atoms with Gasteiger partial charge >= 0.3 is 12.1 Å². The Hall–Kier alpha value is -3.71. The maximum atomic E-state index is 12.8. The van der Waals surface area contributed by atoms with Crippen LogP contribution in [0.15, 0.2) is 42.5 Å². The van der Waals surface area contributed by atoms with Gasteiger partial charge in [-0.25, -0.2) is 4.79 Å². The van der Waals surface area contributed by atoms with Crippen LogP contribution in [0.2, 0.25) is 0 Å². The highest BCUT2D eigenvalue weighted by molar-refractivity contribution is 5.88. The summed E-state index contributed by atoms with van der Waals surface area (Å²) in [4.78, 5) is 30.1. The second kappa shape index (κ2) is 9.39. The minimum atomic E-state index is -5.23. The molecule has 5 rings (SSSR count). The quantitative estimate of drug-likeness (QED) is 0.541. The van der Waals surface area contributed by atoms with E-state index >= 15 is 0 Å². The molecule has 3 aliphatic heterocycles. The van der Waals surface area contributed by atoms with Crippen molar-refractivity contribution in [2.45, 2.75) is 38.0 Å². The van der Waals surface area contributed by atoms with Gasteiger partial charge in [0.1, 0.15) is 30.8 Å². The number of nitrogens with zero attached hydrogens (tertiary/aromatic N) is 2. The molecule has 3 aliphatic rings. The van der Waals surface area contributed by atoms with Crippen LogP contribution in [0.5, 0.6) is 11.5 Å². The summed E-state index contributed by atoms with van der Waals surface area (Å²) in [5, 5.41) is 7.07. The first-order valence-corrected chi connectivity index (χ1v) is 11.3. The third-order valence-corrected chi connectivity index (χ3v) is 6.13. The van der Waals surface area contributed by atoms with Gasteiger partial charge < -0.3 is 29.8 Å². The Morgan fingerprint density at radius 3 is 2.64 bits per heavy atom. The predicted molar refractivity (Wildman–Crippen MR) is 121 cm³/mol. The minimum absolute atomic E-state index is 0.147. The summed E-state index contributed by atoms with van der Waals surface area (Å²) in [6, 6.07) is 12.4. The molecular weight excluding hydrogens is 483 g/mol. The molecule has 3 heterocycles. The molecule has 2 unspecified atom stereocenters. The lowest BCUT2D eigenvalue weighted by molar-refractivity contribution is -0.265. The van der Waals surface area contributed by atoms with E-state index in [0.29, 0.717) is 34.7 Å². The summed E-state index contributed by atoms with van der Waals surface area (Å²) < 4.78 is 50.4. The second-order valence-corrected chi connectivity index (χ2v) is 8.64. The Kier molecular flexibility index (Phi) is 6.26. The molecule has 2 fully saturated rings. The smallest absolute Gasteiger partial charge is 0.487 e. The third kappa shape index (κ3) is 4.71. The molecule has 0 bridgehead atoms. The molecule has 1 amide bonds. The van der Waals surface area contributed by atoms with Gasteiger partial charge in [0.05, 0.1) is 17.4 Å². The van der Waals surface area contributed by atoms with Gasteiger partial charge in [0, 0.05) is 19.2 Å². The average Bonchev–Trinajstić information content (AvgIpc) is 2.82. The Bertz CT molecular complexity index is 1140. The number of rotatable bonds is 6.